The number of hydrogen-bond donors (Lipinski definition) is 2. The predicted octanol–water partition coefficient (Wildman–Crippen LogP) is 3.65. The van der Waals surface area contributed by atoms with Gasteiger partial charge in [0.1, 0.15) is 10.7 Å². The third-order valence-electron chi connectivity index (χ3n) is 6.77. The fourth-order valence-corrected chi connectivity index (χ4v) is 6.19. The number of thiophene rings is 1. The molecule has 30 heavy (non-hydrogen) atoms. The first-order chi connectivity index (χ1) is 14.3. The van der Waals surface area contributed by atoms with Crippen molar-refractivity contribution in [2.45, 2.75) is 65.8 Å². The van der Waals surface area contributed by atoms with E-state index in [4.69, 9.17) is 4.98 Å². The Bertz CT molecular complexity index is 979. The summed E-state index contributed by atoms with van der Waals surface area (Å²) in [5.74, 6) is 2.03. The number of carbonyl (C=O) groups excluding carboxylic acids is 1. The van der Waals surface area contributed by atoms with Gasteiger partial charge in [-0.2, -0.15) is 0 Å². The van der Waals surface area contributed by atoms with Gasteiger partial charge in [0.25, 0.3) is 5.56 Å². The molecule has 2 N–H and O–H groups in total. The molecule has 3 heterocycles. The zero-order valence-corrected chi connectivity index (χ0v) is 19.4. The number of nitrogens with one attached hydrogen (secondary N) is 2. The molecule has 7 heteroatoms. The lowest BCUT2D eigenvalue weighted by Gasteiger charge is -2.36. The summed E-state index contributed by atoms with van der Waals surface area (Å²) in [6, 6.07) is 0.0590. The lowest BCUT2D eigenvalue weighted by molar-refractivity contribution is -0.124. The van der Waals surface area contributed by atoms with Gasteiger partial charge in [-0.25, -0.2) is 4.98 Å². The first-order valence-electron chi connectivity index (χ1n) is 11.4. The number of aryl methyl sites for hydroxylation is 1. The molecule has 0 radical (unpaired) electrons. The lowest BCUT2D eigenvalue weighted by Crippen LogP contribution is -2.43. The zero-order valence-electron chi connectivity index (χ0n) is 18.6. The maximum atomic E-state index is 13.0. The normalized spacial score (nSPS) is 23.5. The summed E-state index contributed by atoms with van der Waals surface area (Å²) >= 11 is 1.71. The number of fused-ring (bicyclic) bond motifs is 3. The summed E-state index contributed by atoms with van der Waals surface area (Å²) in [6.45, 7) is 10.9. The smallest absolute Gasteiger partial charge is 0.259 e. The van der Waals surface area contributed by atoms with Crippen molar-refractivity contribution in [3.63, 3.8) is 0 Å². The molecule has 1 aliphatic heterocycles. The molecule has 1 saturated heterocycles. The van der Waals surface area contributed by atoms with Crippen molar-refractivity contribution < 1.29 is 4.79 Å². The minimum atomic E-state index is 0.0178. The van der Waals surface area contributed by atoms with Crippen molar-refractivity contribution in [2.24, 2.45) is 17.8 Å². The van der Waals surface area contributed by atoms with Crippen LogP contribution in [0.15, 0.2) is 4.79 Å². The average Bonchev–Trinajstić information content (AvgIpc) is 3.09. The van der Waals surface area contributed by atoms with Crippen molar-refractivity contribution in [3.05, 3.63) is 26.6 Å². The predicted molar refractivity (Wildman–Crippen MR) is 122 cm³/mol. The first kappa shape index (κ1) is 21.5. The second-order valence-corrected chi connectivity index (χ2v) is 10.6. The highest BCUT2D eigenvalue weighted by Crippen LogP contribution is 2.36. The molecule has 0 aromatic carbocycles. The molecular formula is C23H34N4O2S. The van der Waals surface area contributed by atoms with Crippen LogP contribution in [0.5, 0.6) is 0 Å². The molecule has 1 fully saturated rings. The van der Waals surface area contributed by atoms with Crippen molar-refractivity contribution in [2.75, 3.05) is 19.6 Å². The number of aromatic nitrogens is 2. The first-order valence-corrected chi connectivity index (χ1v) is 12.2. The number of carbonyl (C=O) groups is 1. The topological polar surface area (TPSA) is 78.1 Å². The van der Waals surface area contributed by atoms with Crippen molar-refractivity contribution in [1.82, 2.24) is 20.2 Å². The largest absolute Gasteiger partial charge is 0.356 e. The molecule has 3 atom stereocenters. The minimum Gasteiger partial charge on any atom is -0.356 e. The fraction of sp³-hybridized carbons (Fsp3) is 0.696. The van der Waals surface area contributed by atoms with Crippen LogP contribution < -0.4 is 10.9 Å². The van der Waals surface area contributed by atoms with E-state index in [0.29, 0.717) is 11.8 Å². The highest BCUT2D eigenvalue weighted by atomic mass is 32.1. The Morgan fingerprint density at radius 3 is 2.90 bits per heavy atom. The number of nitrogens with zero attached hydrogens (tertiary/aromatic N) is 2. The molecule has 0 spiro atoms. The molecule has 3 unspecified atom stereocenters. The van der Waals surface area contributed by atoms with Gasteiger partial charge in [0, 0.05) is 23.9 Å². The summed E-state index contributed by atoms with van der Waals surface area (Å²) in [6.07, 6.45) is 5.44. The van der Waals surface area contributed by atoms with Gasteiger partial charge in [-0.1, -0.05) is 20.8 Å². The minimum absolute atomic E-state index is 0.0178. The number of likely N-dealkylation sites (tertiary alicyclic amines) is 1. The monoisotopic (exact) mass is 430 g/mol. The third kappa shape index (κ3) is 4.33. The summed E-state index contributed by atoms with van der Waals surface area (Å²) in [5, 5.41) is 3.90. The van der Waals surface area contributed by atoms with Crippen LogP contribution in [0.2, 0.25) is 0 Å². The molecule has 4 rings (SSSR count). The number of rotatable bonds is 5. The summed E-state index contributed by atoms with van der Waals surface area (Å²) < 4.78 is 0. The second-order valence-electron chi connectivity index (χ2n) is 9.56. The van der Waals surface area contributed by atoms with E-state index in [1.807, 2.05) is 13.8 Å². The molecule has 2 aliphatic rings. The van der Waals surface area contributed by atoms with Crippen LogP contribution in [0.3, 0.4) is 0 Å². The highest BCUT2D eigenvalue weighted by molar-refractivity contribution is 7.18. The van der Waals surface area contributed by atoms with E-state index in [1.165, 1.54) is 10.4 Å². The second kappa shape index (κ2) is 8.79. The molecule has 2 aromatic rings. The summed E-state index contributed by atoms with van der Waals surface area (Å²) in [5.41, 5.74) is 1.26. The molecule has 2 aromatic heterocycles. The van der Waals surface area contributed by atoms with E-state index in [0.717, 1.165) is 67.8 Å². The number of piperidine rings is 1. The van der Waals surface area contributed by atoms with Crippen LogP contribution in [0.25, 0.3) is 10.2 Å². The quantitative estimate of drug-likeness (QED) is 0.759. The molecule has 1 aliphatic carbocycles. The standard InChI is InChI=1S/C23H34N4O2S/c1-13(2)21(28)24-11-16-6-5-9-27(12-16)15(4)20-25-22(29)19-17-8-7-14(3)10-18(17)30-23(19)26-20/h13-16H,5-12H2,1-4H3,(H,24,28)(H,25,26,29). The van der Waals surface area contributed by atoms with E-state index in [-0.39, 0.29) is 23.4 Å². The maximum absolute atomic E-state index is 13.0. The Morgan fingerprint density at radius 1 is 1.33 bits per heavy atom. The van der Waals surface area contributed by atoms with E-state index >= 15 is 0 Å². The van der Waals surface area contributed by atoms with Crippen molar-refractivity contribution >= 4 is 27.5 Å². The Morgan fingerprint density at radius 2 is 2.13 bits per heavy atom. The van der Waals surface area contributed by atoms with Gasteiger partial charge in [0.2, 0.25) is 5.91 Å². The summed E-state index contributed by atoms with van der Waals surface area (Å²) in [4.78, 5) is 37.5. The average molecular weight is 431 g/mol. The lowest BCUT2D eigenvalue weighted by atomic mass is 9.89. The van der Waals surface area contributed by atoms with Gasteiger partial charge in [-0.3, -0.25) is 14.5 Å². The van der Waals surface area contributed by atoms with Gasteiger partial charge >= 0.3 is 0 Å². The molecular weight excluding hydrogens is 396 g/mol. The van der Waals surface area contributed by atoms with Gasteiger partial charge in [-0.05, 0) is 63.0 Å². The molecule has 0 bridgehead atoms. The molecule has 0 saturated carbocycles. The number of hydrogen-bond acceptors (Lipinski definition) is 5. The van der Waals surface area contributed by atoms with Crippen LogP contribution in [-0.2, 0) is 17.6 Å². The van der Waals surface area contributed by atoms with E-state index in [9.17, 15) is 9.59 Å². The Labute approximate surface area is 182 Å². The van der Waals surface area contributed by atoms with Gasteiger partial charge in [0.15, 0.2) is 0 Å². The Hall–Kier alpha value is -1.73. The number of amides is 1. The zero-order chi connectivity index (χ0) is 21.4. The van der Waals surface area contributed by atoms with Gasteiger partial charge in [-0.15, -0.1) is 11.3 Å². The van der Waals surface area contributed by atoms with Crippen LogP contribution in [0, 0.1) is 17.8 Å². The van der Waals surface area contributed by atoms with Gasteiger partial charge < -0.3 is 10.3 Å². The highest BCUT2D eigenvalue weighted by Gasteiger charge is 2.28. The number of aromatic amines is 1. The molecule has 164 valence electrons. The van der Waals surface area contributed by atoms with Crippen LogP contribution in [0.1, 0.15) is 69.3 Å². The van der Waals surface area contributed by atoms with Crippen LogP contribution in [0.4, 0.5) is 0 Å². The van der Waals surface area contributed by atoms with E-state index in [1.54, 1.807) is 11.3 Å². The van der Waals surface area contributed by atoms with Crippen LogP contribution >= 0.6 is 11.3 Å². The van der Waals surface area contributed by atoms with E-state index in [2.05, 4.69) is 29.0 Å². The van der Waals surface area contributed by atoms with E-state index < -0.39 is 0 Å². The molecule has 1 amide bonds. The third-order valence-corrected chi connectivity index (χ3v) is 7.92. The van der Waals surface area contributed by atoms with Crippen LogP contribution in [-0.4, -0.2) is 40.4 Å². The SMILES string of the molecule is CC1CCc2c(sc3nc(C(C)N4CCCC(CNC(=O)C(C)C)C4)[nH]c(=O)c23)C1. The maximum Gasteiger partial charge on any atom is 0.259 e. The van der Waals surface area contributed by atoms with Crippen molar-refractivity contribution in [1.29, 1.82) is 0 Å². The fourth-order valence-electron chi connectivity index (χ4n) is 4.80. The summed E-state index contributed by atoms with van der Waals surface area (Å²) in [7, 11) is 0. The molecule has 6 nitrogen and oxygen atoms in total. The van der Waals surface area contributed by atoms with Crippen molar-refractivity contribution in [3.8, 4) is 0 Å². The Balaban J connectivity index is 1.50. The van der Waals surface area contributed by atoms with Gasteiger partial charge in [0.05, 0.1) is 11.4 Å². The number of H-pyrrole nitrogens is 1. The Kier molecular flexibility index (Phi) is 6.30.